The quantitative estimate of drug-likeness (QED) is 0.536. The number of aromatic nitrogens is 1. The van der Waals surface area contributed by atoms with Crippen LogP contribution in [0.25, 0.3) is 0 Å². The van der Waals surface area contributed by atoms with Crippen LogP contribution in [0.3, 0.4) is 0 Å². The highest BCUT2D eigenvalue weighted by Crippen LogP contribution is 2.35. The standard InChI is InChI=1S/C21H18F2N4O4S2/c1-12-18(20(28)26-33(3,29)30)25-21(32-12)27(15-7-4-13(10-24)5-8-15)11-14-6-9-16(22)19(31-2)17(14)23/h4-9H,11H2,1-3H3,(H,26,28). The van der Waals surface area contributed by atoms with E-state index < -0.39 is 33.3 Å². The van der Waals surface area contributed by atoms with Gasteiger partial charge < -0.3 is 9.64 Å². The molecule has 1 heterocycles. The Labute approximate surface area is 193 Å². The Bertz CT molecular complexity index is 1350. The Morgan fingerprint density at radius 1 is 1.24 bits per heavy atom. The van der Waals surface area contributed by atoms with E-state index in [-0.39, 0.29) is 22.9 Å². The molecule has 0 unspecified atom stereocenters. The maximum atomic E-state index is 14.9. The lowest BCUT2D eigenvalue weighted by Gasteiger charge is -2.23. The van der Waals surface area contributed by atoms with E-state index >= 15 is 0 Å². The van der Waals surface area contributed by atoms with Gasteiger partial charge in [0.15, 0.2) is 22.5 Å². The van der Waals surface area contributed by atoms with Gasteiger partial charge in [-0.15, -0.1) is 11.3 Å². The molecule has 3 rings (SSSR count). The monoisotopic (exact) mass is 492 g/mol. The molecule has 0 aliphatic heterocycles. The Morgan fingerprint density at radius 3 is 2.48 bits per heavy atom. The number of amides is 1. The van der Waals surface area contributed by atoms with Crippen LogP contribution in [0, 0.1) is 29.9 Å². The number of benzene rings is 2. The van der Waals surface area contributed by atoms with Crippen LogP contribution in [0.5, 0.6) is 5.75 Å². The summed E-state index contributed by atoms with van der Waals surface area (Å²) in [4.78, 5) is 18.6. The van der Waals surface area contributed by atoms with E-state index in [1.54, 1.807) is 36.1 Å². The molecule has 33 heavy (non-hydrogen) atoms. The second-order valence-electron chi connectivity index (χ2n) is 6.90. The van der Waals surface area contributed by atoms with Crippen molar-refractivity contribution in [1.29, 1.82) is 5.26 Å². The molecule has 0 fully saturated rings. The summed E-state index contributed by atoms with van der Waals surface area (Å²) in [5, 5.41) is 9.33. The summed E-state index contributed by atoms with van der Waals surface area (Å²) < 4.78 is 58.3. The maximum absolute atomic E-state index is 14.9. The number of thiazole rings is 1. The minimum Gasteiger partial charge on any atom is -0.491 e. The predicted octanol–water partition coefficient (Wildman–Crippen LogP) is 3.64. The van der Waals surface area contributed by atoms with Crippen LogP contribution in [0.2, 0.25) is 0 Å². The highest BCUT2D eigenvalue weighted by molar-refractivity contribution is 7.89. The normalized spacial score (nSPS) is 11.0. The van der Waals surface area contributed by atoms with Crippen molar-refractivity contribution in [1.82, 2.24) is 9.71 Å². The summed E-state index contributed by atoms with van der Waals surface area (Å²) in [6.07, 6.45) is 0.848. The molecule has 2 aromatic carbocycles. The Balaban J connectivity index is 2.08. The van der Waals surface area contributed by atoms with E-state index in [4.69, 9.17) is 10.00 Å². The van der Waals surface area contributed by atoms with Crippen molar-refractivity contribution in [2.75, 3.05) is 18.3 Å². The minimum atomic E-state index is -3.80. The van der Waals surface area contributed by atoms with E-state index in [1.807, 2.05) is 10.8 Å². The van der Waals surface area contributed by atoms with Gasteiger partial charge in [0.05, 0.1) is 31.5 Å². The summed E-state index contributed by atoms with van der Waals surface area (Å²) in [6.45, 7) is 1.48. The third kappa shape index (κ3) is 5.44. The van der Waals surface area contributed by atoms with Crippen LogP contribution in [0.1, 0.15) is 26.5 Å². The van der Waals surface area contributed by atoms with Gasteiger partial charge in [-0.2, -0.15) is 5.26 Å². The van der Waals surface area contributed by atoms with E-state index in [2.05, 4.69) is 4.98 Å². The molecule has 0 spiro atoms. The second kappa shape index (κ2) is 9.51. The van der Waals surface area contributed by atoms with E-state index in [9.17, 15) is 22.0 Å². The number of halogens is 2. The number of rotatable bonds is 7. The van der Waals surface area contributed by atoms with Gasteiger partial charge >= 0.3 is 0 Å². The SMILES string of the molecule is COc1c(F)ccc(CN(c2ccc(C#N)cc2)c2nc(C(=O)NS(C)(=O)=O)c(C)s2)c1F. The second-order valence-corrected chi connectivity index (χ2v) is 9.83. The highest BCUT2D eigenvalue weighted by Gasteiger charge is 2.24. The molecule has 1 aromatic heterocycles. The zero-order chi connectivity index (χ0) is 24.3. The molecule has 172 valence electrons. The lowest BCUT2D eigenvalue weighted by molar-refractivity contribution is 0.0977. The van der Waals surface area contributed by atoms with Crippen LogP contribution in [-0.2, 0) is 16.6 Å². The van der Waals surface area contributed by atoms with Crippen molar-refractivity contribution in [3.63, 3.8) is 0 Å². The lowest BCUT2D eigenvalue weighted by Crippen LogP contribution is -2.30. The number of anilines is 2. The fourth-order valence-electron chi connectivity index (χ4n) is 2.96. The summed E-state index contributed by atoms with van der Waals surface area (Å²) in [6, 6.07) is 10.7. The highest BCUT2D eigenvalue weighted by atomic mass is 32.2. The number of nitrogens with zero attached hydrogens (tertiary/aromatic N) is 3. The van der Waals surface area contributed by atoms with Gasteiger partial charge in [0.25, 0.3) is 5.91 Å². The van der Waals surface area contributed by atoms with Crippen molar-refractivity contribution in [2.45, 2.75) is 13.5 Å². The van der Waals surface area contributed by atoms with Gasteiger partial charge in [-0.3, -0.25) is 4.79 Å². The summed E-state index contributed by atoms with van der Waals surface area (Å²) >= 11 is 1.09. The third-order valence-electron chi connectivity index (χ3n) is 4.48. The molecule has 0 saturated heterocycles. The van der Waals surface area contributed by atoms with Crippen LogP contribution in [-0.4, -0.2) is 32.7 Å². The van der Waals surface area contributed by atoms with Crippen LogP contribution in [0.4, 0.5) is 19.6 Å². The molecule has 0 saturated carbocycles. The Morgan fingerprint density at radius 2 is 1.91 bits per heavy atom. The first-order chi connectivity index (χ1) is 15.5. The smallest absolute Gasteiger partial charge is 0.284 e. The van der Waals surface area contributed by atoms with Gasteiger partial charge in [-0.1, -0.05) is 6.07 Å². The third-order valence-corrected chi connectivity index (χ3v) is 6.03. The summed E-state index contributed by atoms with van der Waals surface area (Å²) in [5.74, 6) is -3.17. The fourth-order valence-corrected chi connectivity index (χ4v) is 4.32. The van der Waals surface area contributed by atoms with Crippen molar-refractivity contribution in [2.24, 2.45) is 0 Å². The zero-order valence-corrected chi connectivity index (χ0v) is 19.4. The first-order valence-electron chi connectivity index (χ1n) is 9.32. The van der Waals surface area contributed by atoms with Crippen molar-refractivity contribution in [3.05, 3.63) is 69.7 Å². The molecule has 0 radical (unpaired) electrons. The number of sulfonamides is 1. The number of ether oxygens (including phenoxy) is 1. The molecular weight excluding hydrogens is 474 g/mol. The van der Waals surface area contributed by atoms with Gasteiger partial charge in [0, 0.05) is 16.1 Å². The molecule has 0 aliphatic carbocycles. The minimum absolute atomic E-state index is 0.0904. The number of nitrogens with one attached hydrogen (secondary N) is 1. The molecule has 8 nitrogen and oxygen atoms in total. The van der Waals surface area contributed by atoms with E-state index in [1.165, 1.54) is 6.07 Å². The largest absolute Gasteiger partial charge is 0.491 e. The van der Waals surface area contributed by atoms with Gasteiger partial charge in [0.2, 0.25) is 10.0 Å². The number of hydrogen-bond acceptors (Lipinski definition) is 8. The maximum Gasteiger partial charge on any atom is 0.284 e. The molecule has 0 bridgehead atoms. The van der Waals surface area contributed by atoms with Crippen molar-refractivity contribution >= 4 is 38.1 Å². The van der Waals surface area contributed by atoms with Crippen molar-refractivity contribution in [3.8, 4) is 11.8 Å². The number of aryl methyl sites for hydroxylation is 1. The molecular formula is C21H18F2N4O4S2. The van der Waals surface area contributed by atoms with Gasteiger partial charge in [0.1, 0.15) is 5.69 Å². The number of nitriles is 1. The number of hydrogen-bond donors (Lipinski definition) is 1. The molecule has 3 aromatic rings. The topological polar surface area (TPSA) is 112 Å². The number of methoxy groups -OCH3 is 1. The van der Waals surface area contributed by atoms with Gasteiger partial charge in [-0.05, 0) is 37.3 Å². The first kappa shape index (κ1) is 24.1. The van der Waals surface area contributed by atoms with E-state index in [0.29, 0.717) is 16.1 Å². The van der Waals surface area contributed by atoms with E-state index in [0.717, 1.165) is 30.8 Å². The molecule has 0 aliphatic rings. The molecule has 0 atom stereocenters. The van der Waals surface area contributed by atoms with Crippen molar-refractivity contribution < 1.29 is 26.7 Å². The number of carbonyl (C=O) groups excluding carboxylic acids is 1. The molecule has 12 heteroatoms. The molecule has 1 amide bonds. The first-order valence-corrected chi connectivity index (χ1v) is 12.0. The van der Waals surface area contributed by atoms with Crippen LogP contribution < -0.4 is 14.4 Å². The van der Waals surface area contributed by atoms with Crippen LogP contribution in [0.15, 0.2) is 36.4 Å². The summed E-state index contributed by atoms with van der Waals surface area (Å²) in [5.41, 5.74) is 0.904. The summed E-state index contributed by atoms with van der Waals surface area (Å²) in [7, 11) is -2.65. The Hall–Kier alpha value is -3.56. The Kier molecular flexibility index (Phi) is 6.95. The van der Waals surface area contributed by atoms with Crippen LogP contribution >= 0.6 is 11.3 Å². The average molecular weight is 493 g/mol. The molecule has 1 N–H and O–H groups in total. The van der Waals surface area contributed by atoms with Gasteiger partial charge in [-0.25, -0.2) is 26.9 Å². The zero-order valence-electron chi connectivity index (χ0n) is 17.7. The lowest BCUT2D eigenvalue weighted by atomic mass is 10.1. The fraction of sp³-hybridized carbons (Fsp3) is 0.190. The number of carbonyl (C=O) groups is 1. The average Bonchev–Trinajstić information content (AvgIpc) is 3.14. The predicted molar refractivity (Wildman–Crippen MR) is 119 cm³/mol.